The maximum Gasteiger partial charge on any atom is 0.319 e. The number of fused-ring (bicyclic) bond motifs is 4. The molecule has 2 heterocycles. The second-order valence-electron chi connectivity index (χ2n) is 25.7. The van der Waals surface area contributed by atoms with E-state index in [1.54, 1.807) is 37.9 Å². The van der Waals surface area contributed by atoms with Crippen molar-refractivity contribution in [3.8, 4) is 0 Å². The SMILES string of the molecule is CCC(C(=O)OC)(C(=O)C(CC)(C(=O)OC)C1CC(C(=O)N2CCc3cc(COC)ccc3[C@@H]2C(=O)Nc2cc(F)c3c(c2)CCC3(C)C)C1)C1CC(C(=O)N2CCc3cc(COC)ccc3[C@@H]2C(=O)Nc2cc(F)c3c(c2)CCC3(C)C)C1. The van der Waals surface area contributed by atoms with Gasteiger partial charge in [0.1, 0.15) is 34.5 Å². The Hall–Kier alpha value is -6.85. The van der Waals surface area contributed by atoms with E-state index >= 15 is 23.2 Å². The van der Waals surface area contributed by atoms with Crippen LogP contribution in [0.3, 0.4) is 0 Å². The van der Waals surface area contributed by atoms with Crippen LogP contribution in [0, 0.1) is 46.1 Å². The van der Waals surface area contributed by atoms with Crippen LogP contribution in [0.4, 0.5) is 20.2 Å². The van der Waals surface area contributed by atoms with Crippen molar-refractivity contribution in [2.45, 2.75) is 155 Å². The van der Waals surface area contributed by atoms with E-state index in [4.69, 9.17) is 18.9 Å². The molecule has 0 bridgehead atoms. The number of carbonyl (C=O) groups excluding carboxylic acids is 7. The molecule has 4 aromatic carbocycles. The predicted molar refractivity (Wildman–Crippen MR) is 310 cm³/mol. The first-order chi connectivity index (χ1) is 40.0. The first kappa shape index (κ1) is 60.3. The number of benzene rings is 4. The third kappa shape index (κ3) is 10.2. The smallest absolute Gasteiger partial charge is 0.319 e. The van der Waals surface area contributed by atoms with E-state index in [0.717, 1.165) is 46.2 Å². The predicted octanol–water partition coefficient (Wildman–Crippen LogP) is 10.3. The third-order valence-electron chi connectivity index (χ3n) is 20.2. The summed E-state index contributed by atoms with van der Waals surface area (Å²) in [5, 5.41) is 5.90. The number of halogens is 2. The van der Waals surface area contributed by atoms with E-state index in [2.05, 4.69) is 10.6 Å². The molecular formula is C67H80F2N4O11. The Morgan fingerprint density at radius 2 is 0.929 bits per heavy atom. The zero-order valence-electron chi connectivity index (χ0n) is 50.2. The van der Waals surface area contributed by atoms with Crippen molar-refractivity contribution in [2.24, 2.45) is 34.5 Å². The number of amides is 4. The summed E-state index contributed by atoms with van der Waals surface area (Å²) in [6.07, 6.45) is 3.87. The maximum atomic E-state index is 15.9. The van der Waals surface area contributed by atoms with Gasteiger partial charge >= 0.3 is 11.9 Å². The highest BCUT2D eigenvalue weighted by atomic mass is 19.1. The van der Waals surface area contributed by atoms with Gasteiger partial charge in [-0.3, -0.25) is 33.6 Å². The second-order valence-corrected chi connectivity index (χ2v) is 25.7. The molecule has 0 saturated heterocycles. The Labute approximate surface area is 491 Å². The molecule has 6 aliphatic rings. The van der Waals surface area contributed by atoms with Crippen LogP contribution in [0.2, 0.25) is 0 Å². The van der Waals surface area contributed by atoms with E-state index in [1.165, 1.54) is 26.4 Å². The Balaban J connectivity index is 0.894. The summed E-state index contributed by atoms with van der Waals surface area (Å²) in [7, 11) is 5.57. The summed E-state index contributed by atoms with van der Waals surface area (Å²) in [6.45, 7) is 12.4. The van der Waals surface area contributed by atoms with Crippen LogP contribution in [-0.2, 0) is 102 Å². The van der Waals surface area contributed by atoms with Gasteiger partial charge in [-0.05, 0) is 180 Å². The Morgan fingerprint density at radius 3 is 1.27 bits per heavy atom. The quantitative estimate of drug-likeness (QED) is 0.0713. The minimum Gasteiger partial charge on any atom is -0.468 e. The van der Waals surface area contributed by atoms with Gasteiger partial charge in [0.25, 0.3) is 11.8 Å². The van der Waals surface area contributed by atoms with Crippen molar-refractivity contribution in [2.75, 3.05) is 52.2 Å². The van der Waals surface area contributed by atoms with E-state index in [0.29, 0.717) is 72.5 Å². The maximum absolute atomic E-state index is 15.9. The van der Waals surface area contributed by atoms with E-state index in [9.17, 15) is 19.2 Å². The molecule has 4 aliphatic carbocycles. The van der Waals surface area contributed by atoms with Crippen LogP contribution in [-0.4, -0.2) is 92.7 Å². The molecule has 10 rings (SSSR count). The minimum absolute atomic E-state index is 0.0689. The monoisotopic (exact) mass is 1150 g/mol. The highest BCUT2D eigenvalue weighted by Gasteiger charge is 2.67. The van der Waals surface area contributed by atoms with E-state index in [1.807, 2.05) is 76.2 Å². The second kappa shape index (κ2) is 23.2. The zero-order chi connectivity index (χ0) is 60.4. The summed E-state index contributed by atoms with van der Waals surface area (Å²) in [4.78, 5) is 108. The lowest BCUT2D eigenvalue weighted by atomic mass is 9.49. The average Bonchev–Trinajstić information content (AvgIpc) is 1.50. The van der Waals surface area contributed by atoms with E-state index in [-0.39, 0.29) is 74.3 Å². The molecule has 84 heavy (non-hydrogen) atoms. The van der Waals surface area contributed by atoms with Gasteiger partial charge in [0.05, 0.1) is 27.4 Å². The Kier molecular flexibility index (Phi) is 16.6. The van der Waals surface area contributed by atoms with Gasteiger partial charge in [-0.15, -0.1) is 0 Å². The number of aryl methyl sites for hydroxylation is 2. The minimum atomic E-state index is -1.91. The van der Waals surface area contributed by atoms with Gasteiger partial charge < -0.3 is 39.4 Å². The summed E-state index contributed by atoms with van der Waals surface area (Å²) in [6, 6.07) is 15.4. The summed E-state index contributed by atoms with van der Waals surface area (Å²) < 4.78 is 53.3. The van der Waals surface area contributed by atoms with Gasteiger partial charge in [0.2, 0.25) is 11.8 Å². The summed E-state index contributed by atoms with van der Waals surface area (Å²) in [5.74, 6) is -7.84. The van der Waals surface area contributed by atoms with Gasteiger partial charge in [-0.1, -0.05) is 77.9 Å². The van der Waals surface area contributed by atoms with Gasteiger partial charge in [-0.25, -0.2) is 8.78 Å². The Bertz CT molecular complexity index is 3110. The molecule has 4 atom stereocenters. The van der Waals surface area contributed by atoms with Crippen LogP contribution < -0.4 is 10.6 Å². The van der Waals surface area contributed by atoms with Crippen molar-refractivity contribution < 1.29 is 61.3 Å². The number of hydrogen-bond acceptors (Lipinski definition) is 11. The molecule has 0 radical (unpaired) electrons. The molecule has 17 heteroatoms. The lowest BCUT2D eigenvalue weighted by molar-refractivity contribution is -0.185. The number of methoxy groups -OCH3 is 4. The molecule has 0 aromatic heterocycles. The van der Waals surface area contributed by atoms with Crippen LogP contribution >= 0.6 is 0 Å². The summed E-state index contributed by atoms with van der Waals surface area (Å²) >= 11 is 0. The molecule has 4 aromatic rings. The Morgan fingerprint density at radius 1 is 0.548 bits per heavy atom. The van der Waals surface area contributed by atoms with E-state index < -0.39 is 87.8 Å². The van der Waals surface area contributed by atoms with Crippen LogP contribution in [0.5, 0.6) is 0 Å². The molecule has 2 N–H and O–H groups in total. The molecule has 2 fully saturated rings. The number of rotatable bonds is 18. The number of ketones is 1. The van der Waals surface area contributed by atoms with Crippen LogP contribution in [0.25, 0.3) is 0 Å². The van der Waals surface area contributed by atoms with Crippen molar-refractivity contribution in [3.05, 3.63) is 128 Å². The lowest BCUT2D eigenvalue weighted by Crippen LogP contribution is -2.63. The topological polar surface area (TPSA) is 187 Å². The number of carbonyl (C=O) groups is 7. The number of nitrogens with one attached hydrogen (secondary N) is 2. The van der Waals surface area contributed by atoms with Crippen molar-refractivity contribution in [1.29, 1.82) is 0 Å². The van der Waals surface area contributed by atoms with Gasteiger partial charge in [0.15, 0.2) is 5.78 Å². The number of esters is 2. The largest absolute Gasteiger partial charge is 0.468 e. The zero-order valence-corrected chi connectivity index (χ0v) is 50.2. The molecular weight excluding hydrogens is 1070 g/mol. The number of ether oxygens (including phenoxy) is 4. The molecule has 448 valence electrons. The molecule has 2 unspecified atom stereocenters. The van der Waals surface area contributed by atoms with Crippen LogP contribution in [0.1, 0.15) is 161 Å². The molecule has 2 saturated carbocycles. The van der Waals surface area contributed by atoms with Crippen LogP contribution in [0.15, 0.2) is 60.7 Å². The van der Waals surface area contributed by atoms with Crippen molar-refractivity contribution in [1.82, 2.24) is 9.80 Å². The standard InChI is InChI=1S/C67H80F2N4O11/c1-11-66(62(79)83-9,45-27-43(28-45)59(76)72-23-19-39-25-37(35-81-7)13-15-49(39)55(72)57(74)70-47-31-41-17-21-64(3,4)53(41)51(68)33-47)61(78)67(12-2,63(80)84-10)46-29-44(30-46)60(77)73-24-20-40-26-38(36-82-8)14-16-50(40)56(73)58(75)71-48-32-42-18-22-65(5,6)54(42)52(69)34-48/h13-16,25-26,31-34,43-46,55-56H,11-12,17-24,27-30,35-36H2,1-10H3,(H,70,74)(H,71,75)/t43?,44?,45?,46?,55-,56-,66?,67?/m1/s1. The number of hydrogen-bond donors (Lipinski definition) is 2. The molecule has 15 nitrogen and oxygen atoms in total. The first-order valence-corrected chi connectivity index (χ1v) is 29.8. The van der Waals surface area contributed by atoms with Gasteiger partial charge in [-0.2, -0.15) is 0 Å². The first-order valence-electron chi connectivity index (χ1n) is 29.8. The fourth-order valence-electron chi connectivity index (χ4n) is 15.6. The van der Waals surface area contributed by atoms with Gasteiger partial charge in [0, 0.05) is 50.5 Å². The molecule has 4 amide bonds. The summed E-state index contributed by atoms with van der Waals surface area (Å²) in [5.41, 5.74) is 3.79. The van der Waals surface area contributed by atoms with Crippen molar-refractivity contribution in [3.63, 3.8) is 0 Å². The highest BCUT2D eigenvalue weighted by Crippen LogP contribution is 2.59. The number of Topliss-reactive ketones (excluding diaryl/α,β-unsaturated/α-hetero) is 1. The third-order valence-corrected chi connectivity index (χ3v) is 20.2. The lowest BCUT2D eigenvalue weighted by Gasteiger charge is -2.53. The fourth-order valence-corrected chi connectivity index (χ4v) is 15.6. The number of nitrogens with zero attached hydrogens (tertiary/aromatic N) is 2. The molecule has 2 aliphatic heterocycles. The van der Waals surface area contributed by atoms with Crippen molar-refractivity contribution >= 4 is 52.7 Å². The fraction of sp³-hybridized carbons (Fsp3) is 0.537. The highest BCUT2D eigenvalue weighted by molar-refractivity contribution is 6.15. The number of anilines is 2. The molecule has 0 spiro atoms. The average molecular weight is 1160 g/mol. The normalized spacial score (nSPS) is 23.9.